The minimum Gasteiger partial charge on any atom is -0.356 e. The predicted molar refractivity (Wildman–Crippen MR) is 100 cm³/mol. The van der Waals surface area contributed by atoms with Crippen molar-refractivity contribution in [3.05, 3.63) is 17.0 Å². The molecule has 0 saturated carbocycles. The van der Waals surface area contributed by atoms with Crippen LogP contribution >= 0.6 is 24.0 Å². The van der Waals surface area contributed by atoms with Gasteiger partial charge in [-0.15, -0.1) is 24.0 Å². The van der Waals surface area contributed by atoms with Gasteiger partial charge in [0.25, 0.3) is 0 Å². The Kier molecular flexibility index (Phi) is 9.65. The van der Waals surface area contributed by atoms with Crippen LogP contribution in [0, 0.1) is 19.8 Å². The van der Waals surface area contributed by atoms with Crippen molar-refractivity contribution in [1.29, 1.82) is 0 Å². The highest BCUT2D eigenvalue weighted by molar-refractivity contribution is 14.0. The van der Waals surface area contributed by atoms with Gasteiger partial charge in [-0.25, -0.2) is 0 Å². The van der Waals surface area contributed by atoms with E-state index in [-0.39, 0.29) is 24.0 Å². The predicted octanol–water partition coefficient (Wildman–Crippen LogP) is 2.76. The van der Waals surface area contributed by atoms with E-state index in [1.54, 1.807) is 7.05 Å². The van der Waals surface area contributed by atoms with Crippen molar-refractivity contribution >= 4 is 29.9 Å². The number of aryl methyl sites for hydroxylation is 2. The van der Waals surface area contributed by atoms with Crippen LogP contribution in [0.4, 0.5) is 0 Å². The van der Waals surface area contributed by atoms with Crippen molar-refractivity contribution in [3.8, 4) is 0 Å². The molecule has 0 saturated heterocycles. The van der Waals surface area contributed by atoms with Gasteiger partial charge in [-0.3, -0.25) is 9.67 Å². The van der Waals surface area contributed by atoms with E-state index < -0.39 is 0 Å². The van der Waals surface area contributed by atoms with Crippen LogP contribution in [0.2, 0.25) is 0 Å². The summed E-state index contributed by atoms with van der Waals surface area (Å²) in [6.45, 7) is 10.4. The molecule has 1 aromatic heterocycles. The zero-order valence-corrected chi connectivity index (χ0v) is 16.5. The lowest BCUT2D eigenvalue weighted by atomic mass is 10.1. The molecule has 0 unspecified atom stereocenters. The van der Waals surface area contributed by atoms with E-state index in [0.29, 0.717) is 0 Å². The van der Waals surface area contributed by atoms with E-state index in [1.807, 2.05) is 18.7 Å². The molecular formula is C15H30IN5. The summed E-state index contributed by atoms with van der Waals surface area (Å²) < 4.78 is 1.92. The Morgan fingerprint density at radius 2 is 1.95 bits per heavy atom. The molecule has 0 spiro atoms. The van der Waals surface area contributed by atoms with Crippen molar-refractivity contribution < 1.29 is 0 Å². The maximum absolute atomic E-state index is 4.43. The molecule has 0 fully saturated rings. The molecule has 0 aliphatic heterocycles. The van der Waals surface area contributed by atoms with Gasteiger partial charge in [-0.05, 0) is 32.6 Å². The molecule has 1 aromatic rings. The quantitative estimate of drug-likeness (QED) is 0.330. The van der Waals surface area contributed by atoms with Crippen LogP contribution in [-0.4, -0.2) is 29.3 Å². The van der Waals surface area contributed by atoms with Crippen LogP contribution in [0.25, 0.3) is 0 Å². The lowest BCUT2D eigenvalue weighted by Crippen LogP contribution is -2.37. The van der Waals surface area contributed by atoms with E-state index in [4.69, 9.17) is 0 Å². The van der Waals surface area contributed by atoms with Crippen LogP contribution < -0.4 is 10.6 Å². The Morgan fingerprint density at radius 3 is 2.43 bits per heavy atom. The molecule has 0 bridgehead atoms. The first-order chi connectivity index (χ1) is 9.45. The second-order valence-corrected chi connectivity index (χ2v) is 5.66. The third-order valence-electron chi connectivity index (χ3n) is 3.57. The number of aliphatic imine (C=N–C) groups is 1. The van der Waals surface area contributed by atoms with Gasteiger partial charge < -0.3 is 10.6 Å². The second kappa shape index (κ2) is 10.0. The molecule has 0 radical (unpaired) electrons. The maximum Gasteiger partial charge on any atom is 0.191 e. The average molecular weight is 407 g/mol. The molecule has 0 aromatic carbocycles. The van der Waals surface area contributed by atoms with E-state index in [1.165, 1.54) is 24.1 Å². The first-order valence-electron chi connectivity index (χ1n) is 7.39. The van der Waals surface area contributed by atoms with Crippen molar-refractivity contribution in [3.63, 3.8) is 0 Å². The number of aromatic nitrogens is 2. The highest BCUT2D eigenvalue weighted by atomic mass is 127. The Hall–Kier alpha value is -0.790. The van der Waals surface area contributed by atoms with Gasteiger partial charge in [-0.1, -0.05) is 13.8 Å². The SMILES string of the molecule is CN=C(NCCCC(C)C)NCc1c(C)nn(C)c1C.I. The number of halogens is 1. The lowest BCUT2D eigenvalue weighted by Gasteiger charge is -2.12. The van der Waals surface area contributed by atoms with Gasteiger partial charge in [0, 0.05) is 38.4 Å². The Bertz CT molecular complexity index is 451. The second-order valence-electron chi connectivity index (χ2n) is 5.66. The van der Waals surface area contributed by atoms with Gasteiger partial charge in [-0.2, -0.15) is 5.10 Å². The molecule has 1 heterocycles. The van der Waals surface area contributed by atoms with E-state index in [9.17, 15) is 0 Å². The van der Waals surface area contributed by atoms with Crippen LogP contribution in [0.3, 0.4) is 0 Å². The zero-order valence-electron chi connectivity index (χ0n) is 14.2. The van der Waals surface area contributed by atoms with Gasteiger partial charge >= 0.3 is 0 Å². The number of guanidine groups is 1. The number of hydrogen-bond donors (Lipinski definition) is 2. The van der Waals surface area contributed by atoms with Crippen molar-refractivity contribution in [2.75, 3.05) is 13.6 Å². The van der Waals surface area contributed by atoms with E-state index >= 15 is 0 Å². The molecule has 6 heteroatoms. The first-order valence-corrected chi connectivity index (χ1v) is 7.39. The van der Waals surface area contributed by atoms with Crippen molar-refractivity contribution in [2.24, 2.45) is 18.0 Å². The summed E-state index contributed by atoms with van der Waals surface area (Å²) in [6.07, 6.45) is 2.41. The third-order valence-corrected chi connectivity index (χ3v) is 3.57. The largest absolute Gasteiger partial charge is 0.356 e. The summed E-state index contributed by atoms with van der Waals surface area (Å²) in [5, 5.41) is 11.1. The molecule has 0 aliphatic rings. The van der Waals surface area contributed by atoms with Gasteiger partial charge in [0.15, 0.2) is 5.96 Å². The fourth-order valence-corrected chi connectivity index (χ4v) is 2.18. The summed E-state index contributed by atoms with van der Waals surface area (Å²) in [4.78, 5) is 4.25. The van der Waals surface area contributed by atoms with Gasteiger partial charge in [0.1, 0.15) is 0 Å². The van der Waals surface area contributed by atoms with Crippen LogP contribution in [0.1, 0.15) is 43.6 Å². The Morgan fingerprint density at radius 1 is 1.29 bits per heavy atom. The standard InChI is InChI=1S/C15H29N5.HI/c1-11(2)8-7-9-17-15(16-5)18-10-14-12(3)19-20(6)13(14)4;/h11H,7-10H2,1-6H3,(H2,16,17,18);1H. The van der Waals surface area contributed by atoms with Crippen LogP contribution in [-0.2, 0) is 13.6 Å². The number of rotatable bonds is 6. The monoisotopic (exact) mass is 407 g/mol. The number of nitrogens with zero attached hydrogens (tertiary/aromatic N) is 3. The average Bonchev–Trinajstić information content (AvgIpc) is 2.63. The highest BCUT2D eigenvalue weighted by Crippen LogP contribution is 2.11. The third kappa shape index (κ3) is 6.67. The van der Waals surface area contributed by atoms with Crippen molar-refractivity contribution in [2.45, 2.75) is 47.1 Å². The molecule has 122 valence electrons. The Labute approximate surface area is 146 Å². The summed E-state index contributed by atoms with van der Waals surface area (Å²) in [7, 11) is 3.78. The van der Waals surface area contributed by atoms with E-state index in [0.717, 1.165) is 30.7 Å². The maximum atomic E-state index is 4.43. The van der Waals surface area contributed by atoms with Crippen LogP contribution in [0.15, 0.2) is 4.99 Å². The fourth-order valence-electron chi connectivity index (χ4n) is 2.18. The van der Waals surface area contributed by atoms with Gasteiger partial charge in [0.05, 0.1) is 5.69 Å². The highest BCUT2D eigenvalue weighted by Gasteiger charge is 2.09. The summed E-state index contributed by atoms with van der Waals surface area (Å²) in [5.74, 6) is 1.61. The summed E-state index contributed by atoms with van der Waals surface area (Å²) >= 11 is 0. The summed E-state index contributed by atoms with van der Waals surface area (Å²) in [5.41, 5.74) is 3.52. The minimum atomic E-state index is 0. The molecule has 21 heavy (non-hydrogen) atoms. The van der Waals surface area contributed by atoms with Crippen molar-refractivity contribution in [1.82, 2.24) is 20.4 Å². The molecule has 0 atom stereocenters. The lowest BCUT2D eigenvalue weighted by molar-refractivity contribution is 0.549. The number of hydrogen-bond acceptors (Lipinski definition) is 2. The molecule has 2 N–H and O–H groups in total. The smallest absolute Gasteiger partial charge is 0.191 e. The first kappa shape index (κ1) is 20.2. The topological polar surface area (TPSA) is 54.2 Å². The molecular weight excluding hydrogens is 377 g/mol. The molecule has 0 amide bonds. The van der Waals surface area contributed by atoms with Crippen LogP contribution in [0.5, 0.6) is 0 Å². The zero-order chi connectivity index (χ0) is 15.1. The molecule has 5 nitrogen and oxygen atoms in total. The summed E-state index contributed by atoms with van der Waals surface area (Å²) in [6, 6.07) is 0. The van der Waals surface area contributed by atoms with Gasteiger partial charge in [0.2, 0.25) is 0 Å². The minimum absolute atomic E-state index is 0. The Balaban J connectivity index is 0.00000400. The molecule has 1 rings (SSSR count). The normalized spacial score (nSPS) is 11.5. The molecule has 0 aliphatic carbocycles. The number of nitrogens with one attached hydrogen (secondary N) is 2. The fraction of sp³-hybridized carbons (Fsp3) is 0.733. The van der Waals surface area contributed by atoms with E-state index in [2.05, 4.69) is 41.5 Å².